The van der Waals surface area contributed by atoms with Gasteiger partial charge in [-0.05, 0) is 12.1 Å². The van der Waals surface area contributed by atoms with Crippen molar-refractivity contribution >= 4 is 29.4 Å². The van der Waals surface area contributed by atoms with Gasteiger partial charge in [-0.25, -0.2) is 0 Å². The number of nitrogens with zero attached hydrogens (tertiary/aromatic N) is 1. The first-order valence-corrected chi connectivity index (χ1v) is 5.55. The molecule has 1 heterocycles. The van der Waals surface area contributed by atoms with Gasteiger partial charge in [0.2, 0.25) is 5.91 Å². The van der Waals surface area contributed by atoms with E-state index in [1.807, 2.05) is 0 Å². The molecule has 5 nitrogen and oxygen atoms in total. The molecule has 1 aliphatic rings. The number of amides is 2. The lowest BCUT2D eigenvalue weighted by atomic mass is 9.88. The summed E-state index contributed by atoms with van der Waals surface area (Å²) in [6, 6.07) is 4.65. The summed E-state index contributed by atoms with van der Waals surface area (Å²) >= 11 is 5.99. The molecule has 18 heavy (non-hydrogen) atoms. The third-order valence-electron chi connectivity index (χ3n) is 2.89. The molecule has 0 bridgehead atoms. The summed E-state index contributed by atoms with van der Waals surface area (Å²) in [5, 5.41) is 0.206. The standard InChI is InChI=1S/C12H10ClNO4/c1-14-10(15)6-4-3-5-7(13)8(6)9(11(14)16)12(17)18-2/h3-5,9H,1-2H3. The first-order valence-electron chi connectivity index (χ1n) is 5.17. The van der Waals surface area contributed by atoms with Crippen LogP contribution in [0.3, 0.4) is 0 Å². The van der Waals surface area contributed by atoms with E-state index in [0.717, 1.165) is 4.90 Å². The van der Waals surface area contributed by atoms with Crippen molar-refractivity contribution in [2.24, 2.45) is 0 Å². The highest BCUT2D eigenvalue weighted by Crippen LogP contribution is 2.34. The summed E-state index contributed by atoms with van der Waals surface area (Å²) in [6.45, 7) is 0. The molecular formula is C12H10ClNO4. The molecule has 1 unspecified atom stereocenters. The molecule has 1 aliphatic heterocycles. The molecule has 1 aromatic rings. The van der Waals surface area contributed by atoms with Gasteiger partial charge in [-0.15, -0.1) is 0 Å². The minimum absolute atomic E-state index is 0.206. The number of benzene rings is 1. The van der Waals surface area contributed by atoms with Crippen molar-refractivity contribution in [3.05, 3.63) is 34.3 Å². The van der Waals surface area contributed by atoms with Crippen LogP contribution in [0.5, 0.6) is 0 Å². The number of carbonyl (C=O) groups is 3. The number of likely N-dealkylation sites (N-methyl/N-ethyl adjacent to an activating group) is 1. The molecule has 1 atom stereocenters. The van der Waals surface area contributed by atoms with Crippen molar-refractivity contribution in [3.63, 3.8) is 0 Å². The van der Waals surface area contributed by atoms with E-state index < -0.39 is 23.7 Å². The number of esters is 1. The topological polar surface area (TPSA) is 63.7 Å². The Morgan fingerprint density at radius 3 is 2.67 bits per heavy atom. The molecule has 6 heteroatoms. The zero-order chi connectivity index (χ0) is 13.4. The Morgan fingerprint density at radius 2 is 2.06 bits per heavy atom. The van der Waals surface area contributed by atoms with Gasteiger partial charge in [-0.2, -0.15) is 0 Å². The van der Waals surface area contributed by atoms with E-state index >= 15 is 0 Å². The molecule has 0 saturated carbocycles. The van der Waals surface area contributed by atoms with E-state index in [1.54, 1.807) is 6.07 Å². The number of hydrogen-bond donors (Lipinski definition) is 0. The van der Waals surface area contributed by atoms with Gasteiger partial charge in [0.15, 0.2) is 5.92 Å². The largest absolute Gasteiger partial charge is 0.468 e. The van der Waals surface area contributed by atoms with Crippen LogP contribution in [0.25, 0.3) is 0 Å². The number of methoxy groups -OCH3 is 1. The molecular weight excluding hydrogens is 258 g/mol. The van der Waals surface area contributed by atoms with E-state index in [9.17, 15) is 14.4 Å². The van der Waals surface area contributed by atoms with Crippen LogP contribution in [-0.4, -0.2) is 36.8 Å². The van der Waals surface area contributed by atoms with Crippen molar-refractivity contribution < 1.29 is 19.1 Å². The number of imide groups is 1. The molecule has 0 radical (unpaired) electrons. The van der Waals surface area contributed by atoms with Gasteiger partial charge in [0.25, 0.3) is 5.91 Å². The Balaban J connectivity index is 2.69. The molecule has 94 valence electrons. The number of halogens is 1. The second-order valence-electron chi connectivity index (χ2n) is 3.86. The van der Waals surface area contributed by atoms with Crippen LogP contribution in [0, 0.1) is 0 Å². The molecule has 0 fully saturated rings. The highest BCUT2D eigenvalue weighted by atomic mass is 35.5. The van der Waals surface area contributed by atoms with E-state index in [-0.39, 0.29) is 16.1 Å². The summed E-state index contributed by atoms with van der Waals surface area (Å²) < 4.78 is 4.60. The Kier molecular flexibility index (Phi) is 3.09. The van der Waals surface area contributed by atoms with Crippen LogP contribution in [0.2, 0.25) is 5.02 Å². The lowest BCUT2D eigenvalue weighted by Gasteiger charge is -2.29. The summed E-state index contributed by atoms with van der Waals surface area (Å²) in [5.74, 6) is -3.01. The van der Waals surface area contributed by atoms with Gasteiger partial charge >= 0.3 is 5.97 Å². The van der Waals surface area contributed by atoms with Crippen molar-refractivity contribution in [2.75, 3.05) is 14.2 Å². The first kappa shape index (κ1) is 12.6. The predicted molar refractivity (Wildman–Crippen MR) is 63.3 cm³/mol. The van der Waals surface area contributed by atoms with Crippen LogP contribution < -0.4 is 0 Å². The number of hydrogen-bond acceptors (Lipinski definition) is 4. The van der Waals surface area contributed by atoms with Gasteiger partial charge in [-0.1, -0.05) is 17.7 Å². The highest BCUT2D eigenvalue weighted by Gasteiger charge is 2.42. The summed E-state index contributed by atoms with van der Waals surface area (Å²) in [7, 11) is 2.51. The van der Waals surface area contributed by atoms with E-state index in [4.69, 9.17) is 11.6 Å². The zero-order valence-electron chi connectivity index (χ0n) is 9.77. The Bertz CT molecular complexity index is 555. The van der Waals surface area contributed by atoms with E-state index in [2.05, 4.69) is 4.74 Å². The van der Waals surface area contributed by atoms with Gasteiger partial charge in [0.05, 0.1) is 7.11 Å². The summed E-state index contributed by atoms with van der Waals surface area (Å²) in [5.41, 5.74) is 0.471. The minimum Gasteiger partial charge on any atom is -0.468 e. The molecule has 0 saturated heterocycles. The molecule has 0 spiro atoms. The fourth-order valence-corrected chi connectivity index (χ4v) is 2.23. The number of fused-ring (bicyclic) bond motifs is 1. The van der Waals surface area contributed by atoms with Crippen molar-refractivity contribution in [1.82, 2.24) is 4.90 Å². The fraction of sp³-hybridized carbons (Fsp3) is 0.250. The lowest BCUT2D eigenvalue weighted by Crippen LogP contribution is -2.45. The number of carbonyl (C=O) groups excluding carboxylic acids is 3. The number of ether oxygens (including phenoxy) is 1. The first-order chi connectivity index (χ1) is 8.49. The SMILES string of the molecule is COC(=O)C1C(=O)N(C)C(=O)c2cccc(Cl)c21. The van der Waals surface area contributed by atoms with Crippen molar-refractivity contribution in [1.29, 1.82) is 0 Å². The second-order valence-corrected chi connectivity index (χ2v) is 4.27. The van der Waals surface area contributed by atoms with E-state index in [1.165, 1.54) is 26.3 Å². The second kappa shape index (κ2) is 4.42. The molecule has 2 rings (SSSR count). The van der Waals surface area contributed by atoms with Crippen LogP contribution in [0.1, 0.15) is 21.8 Å². The maximum absolute atomic E-state index is 12.0. The fourth-order valence-electron chi connectivity index (χ4n) is 1.95. The smallest absolute Gasteiger partial charge is 0.322 e. The predicted octanol–water partition coefficient (Wildman–Crippen LogP) is 1.21. The van der Waals surface area contributed by atoms with E-state index in [0.29, 0.717) is 0 Å². The third-order valence-corrected chi connectivity index (χ3v) is 3.22. The number of rotatable bonds is 1. The third kappa shape index (κ3) is 1.67. The highest BCUT2D eigenvalue weighted by molar-refractivity contribution is 6.33. The quantitative estimate of drug-likeness (QED) is 0.436. The van der Waals surface area contributed by atoms with Gasteiger partial charge < -0.3 is 4.74 Å². The Hall–Kier alpha value is -1.88. The van der Waals surface area contributed by atoms with Gasteiger partial charge in [0, 0.05) is 23.2 Å². The molecule has 0 aliphatic carbocycles. The molecule has 0 N–H and O–H groups in total. The monoisotopic (exact) mass is 267 g/mol. The average Bonchev–Trinajstić information content (AvgIpc) is 2.37. The molecule has 2 amide bonds. The van der Waals surface area contributed by atoms with Gasteiger partial charge in [-0.3, -0.25) is 19.3 Å². The summed E-state index contributed by atoms with van der Waals surface area (Å²) in [6.07, 6.45) is 0. The normalized spacial score (nSPS) is 18.6. The maximum Gasteiger partial charge on any atom is 0.322 e. The van der Waals surface area contributed by atoms with Crippen LogP contribution in [0.15, 0.2) is 18.2 Å². The summed E-state index contributed by atoms with van der Waals surface area (Å²) in [4.78, 5) is 36.5. The van der Waals surface area contributed by atoms with Crippen LogP contribution in [-0.2, 0) is 14.3 Å². The Morgan fingerprint density at radius 1 is 1.39 bits per heavy atom. The van der Waals surface area contributed by atoms with Crippen molar-refractivity contribution in [3.8, 4) is 0 Å². The molecule has 0 aromatic heterocycles. The zero-order valence-corrected chi connectivity index (χ0v) is 10.5. The van der Waals surface area contributed by atoms with Crippen molar-refractivity contribution in [2.45, 2.75) is 5.92 Å². The molecule has 1 aromatic carbocycles. The van der Waals surface area contributed by atoms with Crippen LogP contribution >= 0.6 is 11.6 Å². The lowest BCUT2D eigenvalue weighted by molar-refractivity contribution is -0.148. The maximum atomic E-state index is 12.0. The van der Waals surface area contributed by atoms with Gasteiger partial charge in [0.1, 0.15) is 0 Å². The Labute approximate surface area is 108 Å². The van der Waals surface area contributed by atoms with Crippen LogP contribution in [0.4, 0.5) is 0 Å². The average molecular weight is 268 g/mol. The minimum atomic E-state index is -1.18.